The smallest absolute Gasteiger partial charge is 0.101 e. The lowest BCUT2D eigenvalue weighted by molar-refractivity contribution is 0.103. The van der Waals surface area contributed by atoms with Crippen LogP contribution in [0.25, 0.3) is 0 Å². The average Bonchev–Trinajstić information content (AvgIpc) is 2.30. The van der Waals surface area contributed by atoms with E-state index >= 15 is 0 Å². The summed E-state index contributed by atoms with van der Waals surface area (Å²) in [6, 6.07) is 7.51. The van der Waals surface area contributed by atoms with Crippen molar-refractivity contribution < 1.29 is 5.11 Å². The quantitative estimate of drug-likeness (QED) is 0.643. The molecule has 1 aromatic rings. The molecule has 0 aliphatic carbocycles. The number of aliphatic hydroxyl groups is 1. The van der Waals surface area contributed by atoms with Gasteiger partial charge in [0.05, 0.1) is 11.7 Å². The highest BCUT2D eigenvalue weighted by Crippen LogP contribution is 2.34. The predicted molar refractivity (Wildman–Crippen MR) is 64.7 cm³/mol. The highest BCUT2D eigenvalue weighted by molar-refractivity contribution is 8.03. The minimum absolute atomic E-state index is 0.556. The zero-order chi connectivity index (χ0) is 12.0. The molecule has 3 nitrogen and oxygen atoms in total. The van der Waals surface area contributed by atoms with Crippen molar-refractivity contribution >= 4 is 11.8 Å². The molecule has 0 aliphatic heterocycles. The maximum atomic E-state index is 10.1. The van der Waals surface area contributed by atoms with Gasteiger partial charge in [-0.3, -0.25) is 0 Å². The molecule has 0 saturated carbocycles. The molecule has 0 radical (unpaired) electrons. The van der Waals surface area contributed by atoms with Gasteiger partial charge in [-0.1, -0.05) is 24.8 Å². The number of hydrogen-bond donors (Lipinski definition) is 1. The summed E-state index contributed by atoms with van der Waals surface area (Å²) in [5.41, 5.74) is -0.974. The van der Waals surface area contributed by atoms with Crippen molar-refractivity contribution in [2.45, 2.75) is 30.9 Å². The van der Waals surface area contributed by atoms with Gasteiger partial charge >= 0.3 is 0 Å². The van der Waals surface area contributed by atoms with Crippen LogP contribution in [0.4, 0.5) is 0 Å². The van der Waals surface area contributed by atoms with E-state index in [1.807, 2.05) is 31.2 Å². The van der Waals surface area contributed by atoms with Crippen LogP contribution in [-0.4, -0.2) is 15.7 Å². The molecule has 0 aliphatic rings. The van der Waals surface area contributed by atoms with Gasteiger partial charge in [0.1, 0.15) is 5.03 Å². The third kappa shape index (κ3) is 3.37. The molecule has 0 saturated heterocycles. The van der Waals surface area contributed by atoms with Crippen LogP contribution in [0.3, 0.4) is 0 Å². The largest absolute Gasteiger partial charge is 0.385 e. The third-order valence-corrected chi connectivity index (χ3v) is 3.50. The van der Waals surface area contributed by atoms with Gasteiger partial charge in [0, 0.05) is 17.2 Å². The average molecular weight is 234 g/mol. The minimum Gasteiger partial charge on any atom is -0.385 e. The van der Waals surface area contributed by atoms with Crippen LogP contribution in [-0.2, 0) is 0 Å². The molecule has 1 aromatic heterocycles. The first-order chi connectivity index (χ1) is 7.60. The maximum Gasteiger partial charge on any atom is 0.101 e. The molecular weight excluding hydrogens is 220 g/mol. The molecule has 4 heteroatoms. The molecular formula is C12H14N2OS. The van der Waals surface area contributed by atoms with Gasteiger partial charge in [0.15, 0.2) is 0 Å². The fourth-order valence-electron chi connectivity index (χ4n) is 1.05. The highest BCUT2D eigenvalue weighted by atomic mass is 32.2. The SMILES string of the molecule is CCC(C)(O)/C(=C/C#N)Sc1ccccn1. The van der Waals surface area contributed by atoms with Crippen LogP contribution in [0.15, 0.2) is 40.4 Å². The molecule has 1 atom stereocenters. The van der Waals surface area contributed by atoms with Crippen molar-refractivity contribution in [1.29, 1.82) is 5.26 Å². The second kappa shape index (κ2) is 5.69. The molecule has 84 valence electrons. The number of rotatable bonds is 4. The number of hydrogen-bond acceptors (Lipinski definition) is 4. The van der Waals surface area contributed by atoms with Gasteiger partial charge in [0.25, 0.3) is 0 Å². The van der Waals surface area contributed by atoms with Gasteiger partial charge in [-0.15, -0.1) is 0 Å². The van der Waals surface area contributed by atoms with E-state index in [4.69, 9.17) is 5.26 Å². The Balaban J connectivity index is 2.91. The van der Waals surface area contributed by atoms with E-state index in [-0.39, 0.29) is 0 Å². The first kappa shape index (κ1) is 12.8. The summed E-state index contributed by atoms with van der Waals surface area (Å²) in [5, 5.41) is 19.6. The zero-order valence-corrected chi connectivity index (χ0v) is 10.2. The van der Waals surface area contributed by atoms with Crippen LogP contribution < -0.4 is 0 Å². The predicted octanol–water partition coefficient (Wildman–Crippen LogP) is 2.74. The maximum absolute atomic E-state index is 10.1. The lowest BCUT2D eigenvalue weighted by Crippen LogP contribution is -2.24. The summed E-state index contributed by atoms with van der Waals surface area (Å²) < 4.78 is 0. The van der Waals surface area contributed by atoms with Crippen molar-refractivity contribution in [2.24, 2.45) is 0 Å². The Morgan fingerprint density at radius 3 is 2.94 bits per heavy atom. The number of allylic oxidation sites excluding steroid dienone is 1. The van der Waals surface area contributed by atoms with Crippen molar-refractivity contribution in [3.8, 4) is 6.07 Å². The first-order valence-electron chi connectivity index (χ1n) is 5.01. The monoisotopic (exact) mass is 234 g/mol. The molecule has 0 bridgehead atoms. The first-order valence-corrected chi connectivity index (χ1v) is 5.83. The second-order valence-corrected chi connectivity index (χ2v) is 4.60. The number of nitrogens with zero attached hydrogens (tertiary/aromatic N) is 2. The Morgan fingerprint density at radius 2 is 2.44 bits per heavy atom. The van der Waals surface area contributed by atoms with Crippen molar-refractivity contribution in [1.82, 2.24) is 4.98 Å². The summed E-state index contributed by atoms with van der Waals surface area (Å²) in [5.74, 6) is 0. The van der Waals surface area contributed by atoms with Crippen LogP contribution >= 0.6 is 11.8 Å². The molecule has 0 spiro atoms. The molecule has 0 aromatic carbocycles. The molecule has 16 heavy (non-hydrogen) atoms. The Labute approximate surface area is 99.8 Å². The Kier molecular flexibility index (Phi) is 4.53. The molecule has 1 rings (SSSR count). The number of thioether (sulfide) groups is 1. The van der Waals surface area contributed by atoms with E-state index in [1.165, 1.54) is 17.8 Å². The van der Waals surface area contributed by atoms with Crippen molar-refractivity contribution in [2.75, 3.05) is 0 Å². The van der Waals surface area contributed by atoms with E-state index in [9.17, 15) is 5.11 Å². The van der Waals surface area contributed by atoms with Gasteiger partial charge in [-0.25, -0.2) is 4.98 Å². The van der Waals surface area contributed by atoms with E-state index in [0.717, 1.165) is 5.03 Å². The summed E-state index contributed by atoms with van der Waals surface area (Å²) in [6.07, 6.45) is 3.62. The second-order valence-electron chi connectivity index (χ2n) is 3.54. The normalized spacial score (nSPS) is 15.2. The topological polar surface area (TPSA) is 56.9 Å². The van der Waals surface area contributed by atoms with Gasteiger partial charge in [0.2, 0.25) is 0 Å². The van der Waals surface area contributed by atoms with Gasteiger partial charge in [-0.05, 0) is 25.5 Å². The molecule has 1 unspecified atom stereocenters. The standard InChI is InChI=1S/C12H14N2OS/c1-3-12(2,15)10(7-8-13)16-11-6-4-5-9-14-11/h4-7,9,15H,3H2,1-2H3/b10-7-. The number of pyridine rings is 1. The van der Waals surface area contributed by atoms with Crippen LogP contribution in [0, 0.1) is 11.3 Å². The fraction of sp³-hybridized carbons (Fsp3) is 0.333. The van der Waals surface area contributed by atoms with E-state index < -0.39 is 5.60 Å². The molecule has 1 heterocycles. The van der Waals surface area contributed by atoms with Gasteiger partial charge in [-0.2, -0.15) is 5.26 Å². The Hall–Kier alpha value is -1.31. The summed E-state index contributed by atoms with van der Waals surface area (Å²) in [7, 11) is 0. The summed E-state index contributed by atoms with van der Waals surface area (Å²) >= 11 is 1.32. The van der Waals surface area contributed by atoms with E-state index in [2.05, 4.69) is 4.98 Å². The van der Waals surface area contributed by atoms with E-state index in [0.29, 0.717) is 11.3 Å². The molecule has 0 fully saturated rings. The van der Waals surface area contributed by atoms with Crippen molar-refractivity contribution in [3.63, 3.8) is 0 Å². The van der Waals surface area contributed by atoms with Crippen LogP contribution in [0.1, 0.15) is 20.3 Å². The third-order valence-electron chi connectivity index (χ3n) is 2.27. The van der Waals surface area contributed by atoms with E-state index in [1.54, 1.807) is 13.1 Å². The number of aromatic nitrogens is 1. The summed E-state index contributed by atoms with van der Waals surface area (Å²) in [6.45, 7) is 3.58. The zero-order valence-electron chi connectivity index (χ0n) is 9.34. The Bertz CT molecular complexity index is 407. The highest BCUT2D eigenvalue weighted by Gasteiger charge is 2.24. The Morgan fingerprint density at radius 1 is 1.69 bits per heavy atom. The molecule has 1 N–H and O–H groups in total. The van der Waals surface area contributed by atoms with Crippen molar-refractivity contribution in [3.05, 3.63) is 35.4 Å². The number of nitriles is 1. The van der Waals surface area contributed by atoms with Crippen LogP contribution in [0.2, 0.25) is 0 Å². The van der Waals surface area contributed by atoms with Crippen LogP contribution in [0.5, 0.6) is 0 Å². The lowest BCUT2D eigenvalue weighted by Gasteiger charge is -2.23. The molecule has 0 amide bonds. The summed E-state index contributed by atoms with van der Waals surface area (Å²) in [4.78, 5) is 4.77. The van der Waals surface area contributed by atoms with Gasteiger partial charge < -0.3 is 5.11 Å². The minimum atomic E-state index is -0.974. The lowest BCUT2D eigenvalue weighted by atomic mass is 10.0. The fourth-order valence-corrected chi connectivity index (χ4v) is 2.01.